The molecule has 0 spiro atoms. The molecule has 3 aromatic rings. The number of nitrogens with zero attached hydrogens (tertiary/aromatic N) is 4. The summed E-state index contributed by atoms with van der Waals surface area (Å²) >= 11 is 0. The van der Waals surface area contributed by atoms with E-state index in [9.17, 15) is 13.2 Å². The van der Waals surface area contributed by atoms with Gasteiger partial charge in [0.05, 0.1) is 28.7 Å². The van der Waals surface area contributed by atoms with Crippen molar-refractivity contribution in [3.05, 3.63) is 34.5 Å². The molecule has 6 rings (SSSR count). The molecule has 10 heteroatoms. The predicted molar refractivity (Wildman–Crippen MR) is 124 cm³/mol. The van der Waals surface area contributed by atoms with Gasteiger partial charge in [-0.1, -0.05) is 13.8 Å². The summed E-state index contributed by atoms with van der Waals surface area (Å²) in [4.78, 5) is 8.39. The maximum absolute atomic E-state index is 16.4. The van der Waals surface area contributed by atoms with Gasteiger partial charge in [-0.15, -0.1) is 0 Å². The first kappa shape index (κ1) is 22.7. The highest BCUT2D eigenvalue weighted by Crippen LogP contribution is 2.58. The van der Waals surface area contributed by atoms with Gasteiger partial charge in [0.1, 0.15) is 17.0 Å². The maximum Gasteiger partial charge on any atom is 0.418 e. The molecule has 3 N–H and O–H groups in total. The van der Waals surface area contributed by atoms with Gasteiger partial charge in [0.15, 0.2) is 5.82 Å². The first-order chi connectivity index (χ1) is 16.6. The van der Waals surface area contributed by atoms with Crippen molar-refractivity contribution in [3.8, 4) is 11.3 Å². The predicted octanol–water partition coefficient (Wildman–Crippen LogP) is 5.01. The maximum atomic E-state index is 16.4. The third kappa shape index (κ3) is 3.59. The first-order valence-electron chi connectivity index (χ1n) is 12.2. The Labute approximate surface area is 200 Å². The van der Waals surface area contributed by atoms with Gasteiger partial charge in [-0.05, 0) is 63.1 Å². The van der Waals surface area contributed by atoms with Crippen molar-refractivity contribution >= 4 is 16.7 Å². The van der Waals surface area contributed by atoms with Gasteiger partial charge >= 0.3 is 6.18 Å². The number of halogens is 4. The number of anilines is 1. The van der Waals surface area contributed by atoms with Gasteiger partial charge in [0.2, 0.25) is 0 Å². The lowest BCUT2D eigenvalue weighted by Gasteiger charge is -2.18. The molecule has 0 radical (unpaired) electrons. The van der Waals surface area contributed by atoms with Crippen molar-refractivity contribution in [1.82, 2.24) is 25.1 Å². The van der Waals surface area contributed by atoms with E-state index in [2.05, 4.69) is 15.3 Å². The largest absolute Gasteiger partial charge is 0.418 e. The van der Waals surface area contributed by atoms with Crippen LogP contribution in [0.1, 0.15) is 61.3 Å². The molecule has 1 aliphatic heterocycles. The zero-order chi connectivity index (χ0) is 24.8. The summed E-state index contributed by atoms with van der Waals surface area (Å²) in [6, 6.07) is 1.15. The number of alkyl halides is 3. The fraction of sp³-hybridized carbons (Fsp3) is 0.560. The minimum Gasteiger partial charge on any atom is -0.384 e. The molecule has 1 saturated heterocycles. The van der Waals surface area contributed by atoms with E-state index in [-0.39, 0.29) is 46.2 Å². The molecule has 186 valence electrons. The molecule has 6 nitrogen and oxygen atoms in total. The van der Waals surface area contributed by atoms with E-state index >= 15 is 4.39 Å². The number of hydrogen-bond acceptors (Lipinski definition) is 5. The Morgan fingerprint density at radius 3 is 2.46 bits per heavy atom. The highest BCUT2D eigenvalue weighted by atomic mass is 19.4. The summed E-state index contributed by atoms with van der Waals surface area (Å²) in [6.07, 6.45) is -2.47. The summed E-state index contributed by atoms with van der Waals surface area (Å²) in [7, 11) is 0. The van der Waals surface area contributed by atoms with Crippen LogP contribution >= 0.6 is 0 Å². The Morgan fingerprint density at radius 2 is 1.86 bits per heavy atom. The molecule has 0 bridgehead atoms. The zero-order valence-electron chi connectivity index (χ0n) is 19.9. The van der Waals surface area contributed by atoms with Gasteiger partial charge in [-0.3, -0.25) is 4.68 Å². The Hall–Kier alpha value is -2.75. The van der Waals surface area contributed by atoms with Crippen LogP contribution in [0.25, 0.3) is 22.2 Å². The lowest BCUT2D eigenvalue weighted by molar-refractivity contribution is -0.137. The lowest BCUT2D eigenvalue weighted by Crippen LogP contribution is -2.15. The van der Waals surface area contributed by atoms with Crippen LogP contribution in [-0.2, 0) is 12.6 Å². The summed E-state index contributed by atoms with van der Waals surface area (Å²) in [5.41, 5.74) is 5.57. The molecule has 3 aromatic heterocycles. The van der Waals surface area contributed by atoms with E-state index in [1.54, 1.807) is 4.68 Å². The molecule has 4 heterocycles. The molecular formula is C25H28F4N6. The Balaban J connectivity index is 1.65. The number of fused-ring (bicyclic) bond motifs is 2. The fourth-order valence-corrected chi connectivity index (χ4v) is 5.89. The van der Waals surface area contributed by atoms with E-state index in [1.165, 1.54) is 6.92 Å². The lowest BCUT2D eigenvalue weighted by atomic mass is 9.97. The smallest absolute Gasteiger partial charge is 0.384 e. The van der Waals surface area contributed by atoms with E-state index in [1.807, 2.05) is 13.8 Å². The molecule has 3 aliphatic rings. The first-order valence-corrected chi connectivity index (χ1v) is 12.2. The van der Waals surface area contributed by atoms with Crippen molar-refractivity contribution < 1.29 is 17.6 Å². The van der Waals surface area contributed by atoms with Crippen LogP contribution in [0.5, 0.6) is 0 Å². The van der Waals surface area contributed by atoms with Crippen molar-refractivity contribution in [2.45, 2.75) is 58.2 Å². The number of aryl methyl sites for hydroxylation is 1. The van der Waals surface area contributed by atoms with Crippen molar-refractivity contribution in [2.75, 3.05) is 18.8 Å². The number of aromatic nitrogens is 4. The number of pyridine rings is 2. The van der Waals surface area contributed by atoms with Gasteiger partial charge < -0.3 is 11.1 Å². The van der Waals surface area contributed by atoms with Gasteiger partial charge in [-0.2, -0.15) is 18.3 Å². The second-order valence-electron chi connectivity index (χ2n) is 10.7. The van der Waals surface area contributed by atoms with Gasteiger partial charge in [0.25, 0.3) is 0 Å². The molecule has 0 aromatic carbocycles. The SMILES string of the molecule is Cc1nc(N)cc(-c2nc(CC(C)C)c3c(C4C5CNCC54)nn(C4CC4)c3c2F)c1C(F)(F)F. The molecule has 0 amide bonds. The summed E-state index contributed by atoms with van der Waals surface area (Å²) in [5.74, 6) is 0.475. The molecular weight excluding hydrogens is 460 g/mol. The quantitative estimate of drug-likeness (QED) is 0.494. The molecule has 2 atom stereocenters. The van der Waals surface area contributed by atoms with Crippen LogP contribution in [0.2, 0.25) is 0 Å². The third-order valence-electron chi connectivity index (χ3n) is 7.55. The molecule has 2 aliphatic carbocycles. The third-order valence-corrected chi connectivity index (χ3v) is 7.55. The molecule has 2 unspecified atom stereocenters. The number of nitrogens with one attached hydrogen (secondary N) is 1. The monoisotopic (exact) mass is 488 g/mol. The van der Waals surface area contributed by atoms with E-state index < -0.39 is 17.6 Å². The standard InChI is InChI=1S/C25H28F4N6/c1-10(2)6-16-19-23(18-14-8-31-9-15(14)18)34-35(12-4-5-12)24(19)21(26)22(33-16)13-7-17(30)32-11(3)20(13)25(27,28)29/h7,10,12,14-15,18,31H,4-6,8-9H2,1-3H3,(H2,30,32). The van der Waals surface area contributed by atoms with Crippen LogP contribution < -0.4 is 11.1 Å². The normalized spacial score (nSPS) is 23.9. The number of nitrogen functional groups attached to an aromatic ring is 1. The topological polar surface area (TPSA) is 81.7 Å². The minimum absolute atomic E-state index is 0.0611. The Kier molecular flexibility index (Phi) is 4.94. The average Bonchev–Trinajstić information content (AvgIpc) is 3.62. The van der Waals surface area contributed by atoms with Crippen LogP contribution in [0.4, 0.5) is 23.4 Å². The van der Waals surface area contributed by atoms with Crippen LogP contribution in [-0.4, -0.2) is 32.8 Å². The summed E-state index contributed by atoms with van der Waals surface area (Å²) in [6.45, 7) is 7.09. The van der Waals surface area contributed by atoms with Gasteiger partial charge in [-0.25, -0.2) is 14.4 Å². The van der Waals surface area contributed by atoms with E-state index in [4.69, 9.17) is 10.8 Å². The molecule has 35 heavy (non-hydrogen) atoms. The highest BCUT2D eigenvalue weighted by Gasteiger charge is 2.56. The summed E-state index contributed by atoms with van der Waals surface area (Å²) < 4.78 is 60.4. The average molecular weight is 489 g/mol. The Bertz CT molecular complexity index is 1330. The second-order valence-corrected chi connectivity index (χ2v) is 10.7. The minimum atomic E-state index is -4.73. The zero-order valence-corrected chi connectivity index (χ0v) is 19.9. The van der Waals surface area contributed by atoms with E-state index in [0.717, 1.165) is 37.7 Å². The van der Waals surface area contributed by atoms with Gasteiger partial charge in [0, 0.05) is 16.9 Å². The number of hydrogen-bond donors (Lipinski definition) is 2. The fourth-order valence-electron chi connectivity index (χ4n) is 5.89. The van der Waals surface area contributed by atoms with Crippen LogP contribution in [0.3, 0.4) is 0 Å². The second kappa shape index (κ2) is 7.62. The molecule has 2 saturated carbocycles. The van der Waals surface area contributed by atoms with E-state index in [0.29, 0.717) is 29.3 Å². The summed E-state index contributed by atoms with van der Waals surface area (Å²) in [5, 5.41) is 8.99. The van der Waals surface area contributed by atoms with Crippen LogP contribution in [0.15, 0.2) is 6.07 Å². The van der Waals surface area contributed by atoms with Crippen molar-refractivity contribution in [3.63, 3.8) is 0 Å². The van der Waals surface area contributed by atoms with Crippen molar-refractivity contribution in [2.24, 2.45) is 17.8 Å². The highest BCUT2D eigenvalue weighted by molar-refractivity contribution is 5.90. The van der Waals surface area contributed by atoms with Crippen LogP contribution in [0, 0.1) is 30.5 Å². The van der Waals surface area contributed by atoms with Crippen molar-refractivity contribution in [1.29, 1.82) is 0 Å². The molecule has 3 fully saturated rings. The Morgan fingerprint density at radius 1 is 1.17 bits per heavy atom. The number of piperidine rings is 1. The number of nitrogens with two attached hydrogens (primary N) is 1. The number of rotatable bonds is 5.